The SMILES string of the molecule is CC(=O)N[C@H]1[C@H](O[C@H]2[C@H](O)[C@@H](NC(C)=O)CO[C@@H]2CO)O[C@H](CO)[C@@H](O[C@@H]2O[C@H](CO[C@H]3O[C@H](CO[C@H]4O[C@H](CO)[C@@H](O)[C@H](O)[C@@H]4O[C@H]4O[C@H](CO)[C@@H](O)[C@H](O)[C@@H]4O)[C@@H](O)[C@H](O[C@H]4O[C@H](CO)[C@@H](O)[C@H](O)[C@@H]4O[C@H]4O[C@H](CO)[C@@H](O)[C@H](O)[C@@H]4O)[C@@H]3O)[C@@H](O)[C@H](O[C@@H]3O[C@H](CO)[C@@H](O)[C@H](O)[C@@H]3O)[C@@H]2O)[C@@H]1O. The van der Waals surface area contributed by atoms with Gasteiger partial charge in [-0.05, 0) is 0 Å². The summed E-state index contributed by atoms with van der Waals surface area (Å²) in [6.07, 6.45) is -87.0. The maximum Gasteiger partial charge on any atom is 0.217 e. The van der Waals surface area contributed by atoms with Gasteiger partial charge in [-0.15, -0.1) is 0 Å². The third-order valence-electron chi connectivity index (χ3n) is 19.5. The first-order valence-electron chi connectivity index (χ1n) is 33.5. The van der Waals surface area contributed by atoms with Crippen molar-refractivity contribution in [1.82, 2.24) is 10.6 Å². The Bertz CT molecular complexity index is 2670. The third-order valence-corrected chi connectivity index (χ3v) is 19.5. The highest BCUT2D eigenvalue weighted by atomic mass is 16.8. The summed E-state index contributed by atoms with van der Waals surface area (Å²) in [6.45, 7) is -7.67. The van der Waals surface area contributed by atoms with Crippen molar-refractivity contribution in [3.63, 3.8) is 0 Å². The molecule has 9 aliphatic rings. The van der Waals surface area contributed by atoms with Gasteiger partial charge in [0.15, 0.2) is 50.3 Å². The minimum atomic E-state index is -2.49. The Morgan fingerprint density at radius 1 is 0.276 bits per heavy atom. The lowest BCUT2D eigenvalue weighted by Gasteiger charge is -2.50. The molecule has 2 amide bonds. The smallest absolute Gasteiger partial charge is 0.217 e. The van der Waals surface area contributed by atoms with Crippen LogP contribution in [0, 0.1) is 0 Å². The van der Waals surface area contributed by atoms with Gasteiger partial charge in [-0.2, -0.15) is 0 Å². The van der Waals surface area contributed by atoms with Crippen molar-refractivity contribution in [1.29, 1.82) is 0 Å². The number of carbonyl (C=O) groups is 2. The third kappa shape index (κ3) is 18.8. The molecule has 0 radical (unpaired) electrons. The van der Waals surface area contributed by atoms with Gasteiger partial charge in [0.05, 0.1) is 72.1 Å². The zero-order valence-corrected chi connectivity index (χ0v) is 55.9. The van der Waals surface area contributed by atoms with E-state index in [2.05, 4.69) is 10.6 Å². The van der Waals surface area contributed by atoms with Gasteiger partial charge in [0.2, 0.25) is 11.8 Å². The number of hydrogen-bond acceptors (Lipinski definition) is 45. The van der Waals surface area contributed by atoms with E-state index in [0.717, 1.165) is 13.8 Å². The van der Waals surface area contributed by atoms with E-state index in [9.17, 15) is 142 Å². The summed E-state index contributed by atoms with van der Waals surface area (Å²) in [5.74, 6) is -1.49. The van der Waals surface area contributed by atoms with Crippen LogP contribution in [0.3, 0.4) is 0 Å². The van der Waals surface area contributed by atoms with E-state index in [-0.39, 0.29) is 6.61 Å². The van der Waals surface area contributed by atoms with Crippen LogP contribution in [0.25, 0.3) is 0 Å². The van der Waals surface area contributed by atoms with Crippen LogP contribution in [0.5, 0.6) is 0 Å². The highest BCUT2D eigenvalue weighted by Crippen LogP contribution is 2.39. The van der Waals surface area contributed by atoms with Gasteiger partial charge in [0.25, 0.3) is 0 Å². The summed E-state index contributed by atoms with van der Waals surface area (Å²) in [5, 5.41) is 290. The van der Waals surface area contributed by atoms with Crippen LogP contribution >= 0.6 is 0 Å². The Hall–Kier alpha value is -2.78. The molecular weight excluding hydrogens is 1440 g/mol. The fourth-order valence-electron chi connectivity index (χ4n) is 13.5. The second kappa shape index (κ2) is 37.7. The Morgan fingerprint density at radius 3 is 1.01 bits per heavy atom. The molecule has 9 fully saturated rings. The first-order chi connectivity index (χ1) is 49.8. The van der Waals surface area contributed by atoms with Crippen molar-refractivity contribution in [3.8, 4) is 0 Å². The van der Waals surface area contributed by atoms with E-state index in [1.165, 1.54) is 0 Å². The highest BCUT2D eigenvalue weighted by Gasteiger charge is 2.60. The number of amides is 2. The Morgan fingerprint density at radius 2 is 0.581 bits per heavy atom. The molecule has 47 nitrogen and oxygen atoms in total. The maximum atomic E-state index is 12.8. The number of carbonyl (C=O) groups excluding carboxylic acids is 2. The summed E-state index contributed by atoms with van der Waals surface area (Å²) in [5.41, 5.74) is 0. The molecule has 0 aromatic carbocycles. The maximum absolute atomic E-state index is 12.8. The number of nitrogens with one attached hydrogen (secondary N) is 2. The Balaban J connectivity index is 1.04. The Labute approximate surface area is 593 Å². The molecule has 0 aliphatic carbocycles. The van der Waals surface area contributed by atoms with Crippen molar-refractivity contribution in [2.75, 3.05) is 66.1 Å². The predicted molar refractivity (Wildman–Crippen MR) is 319 cm³/mol. The standard InChI is InChI=1S/C58H98N2O45/c1-13(68)59-15-10-89-21(8-66)45(26(15)70)100-51-25(60-14(2)69)34(78)46(22(9-67)97-51)101-56-44(88)48(102-53-40(84)35(79)27(71)16(3-61)92-53)33(77)24(99-56)11-90-52-43(87)47(103-58-50(39(83)31(75)20(7-65)96-58)105-55-42(86)37(81)29(73)18(5-63)94-55)32(76)23(98-52)12-91-57-49(38(82)30(74)19(6-64)95-57)104-54-41(85)36(80)28(72)17(4-62)93-54/h15-58,61-67,70-88H,3-12H2,1-2H3,(H,59,68)(H,60,69)/t15-,16+,17+,18+,19+,20+,21+,22+,23+,24+,25+,26+,27+,28+,29+,30+,31+,32+,33+,34+,35-,36-,37-,38-,39-,40-,41-,42-,43-,44-,45+,46+,47-,48-,49-,50-,51-,52-,53-,54+,55+,56-,57-,58+/m0/s1. The fourth-order valence-corrected chi connectivity index (χ4v) is 13.5. The summed E-state index contributed by atoms with van der Waals surface area (Å²) < 4.78 is 99.3. The van der Waals surface area contributed by atoms with Crippen LogP contribution in [-0.4, -0.2) is 481 Å². The zero-order chi connectivity index (χ0) is 77.1. The topological polar surface area (TPSA) is 741 Å². The van der Waals surface area contributed by atoms with Crippen molar-refractivity contribution >= 4 is 11.8 Å². The number of aliphatic hydroxyl groups is 26. The van der Waals surface area contributed by atoms with Gasteiger partial charge in [-0.1, -0.05) is 0 Å². The zero-order valence-electron chi connectivity index (χ0n) is 55.9. The lowest BCUT2D eigenvalue weighted by molar-refractivity contribution is -0.397. The van der Waals surface area contributed by atoms with Crippen molar-refractivity contribution in [3.05, 3.63) is 0 Å². The van der Waals surface area contributed by atoms with Crippen molar-refractivity contribution in [2.45, 2.75) is 284 Å². The summed E-state index contributed by atoms with van der Waals surface area (Å²) in [6, 6.07) is -2.96. The lowest BCUT2D eigenvalue weighted by Crippen LogP contribution is -2.70. The molecule has 47 heteroatoms. The molecule has 28 N–H and O–H groups in total. The number of ether oxygens (including phenoxy) is 17. The molecule has 9 saturated heterocycles. The van der Waals surface area contributed by atoms with E-state index >= 15 is 0 Å². The van der Waals surface area contributed by atoms with Crippen LogP contribution in [0.4, 0.5) is 0 Å². The summed E-state index contributed by atoms with van der Waals surface area (Å²) in [7, 11) is 0. The number of rotatable bonds is 27. The number of aliphatic hydroxyl groups excluding tert-OH is 26. The normalized spacial score (nSPS) is 50.8. The molecule has 105 heavy (non-hydrogen) atoms. The van der Waals surface area contributed by atoms with Gasteiger partial charge in [-0.3, -0.25) is 9.59 Å². The van der Waals surface area contributed by atoms with E-state index in [4.69, 9.17) is 80.5 Å². The molecule has 44 atom stereocenters. The second-order valence-corrected chi connectivity index (χ2v) is 26.6. The molecule has 9 heterocycles. The molecule has 0 aromatic heterocycles. The van der Waals surface area contributed by atoms with Gasteiger partial charge < -0.3 is 224 Å². The largest absolute Gasteiger partial charge is 0.394 e. The summed E-state index contributed by atoms with van der Waals surface area (Å²) >= 11 is 0. The van der Waals surface area contributed by atoms with Gasteiger partial charge in [-0.25, -0.2) is 0 Å². The van der Waals surface area contributed by atoms with Crippen LogP contribution in [-0.2, 0) is 90.1 Å². The van der Waals surface area contributed by atoms with E-state index < -0.39 is 341 Å². The Kier molecular flexibility index (Phi) is 31.0. The average Bonchev–Trinajstić information content (AvgIpc) is 0.768. The molecule has 0 aromatic rings. The van der Waals surface area contributed by atoms with Crippen LogP contribution in [0.15, 0.2) is 0 Å². The fraction of sp³-hybridized carbons (Fsp3) is 0.966. The molecule has 0 saturated carbocycles. The predicted octanol–water partition coefficient (Wildman–Crippen LogP) is -19.7. The van der Waals surface area contributed by atoms with E-state index in [0.29, 0.717) is 0 Å². The van der Waals surface area contributed by atoms with Crippen LogP contribution < -0.4 is 10.6 Å². The van der Waals surface area contributed by atoms with E-state index in [1.807, 2.05) is 0 Å². The van der Waals surface area contributed by atoms with Crippen molar-refractivity contribution < 1.29 is 223 Å². The van der Waals surface area contributed by atoms with Crippen LogP contribution in [0.1, 0.15) is 13.8 Å². The van der Waals surface area contributed by atoms with Gasteiger partial charge >= 0.3 is 0 Å². The lowest BCUT2D eigenvalue weighted by atomic mass is 9.94. The monoisotopic (exact) mass is 1540 g/mol. The molecular formula is C58H98N2O45. The van der Waals surface area contributed by atoms with Crippen LogP contribution in [0.2, 0.25) is 0 Å². The average molecular weight is 1540 g/mol. The molecule has 9 aliphatic heterocycles. The second-order valence-electron chi connectivity index (χ2n) is 26.6. The molecule has 0 spiro atoms. The molecule has 610 valence electrons. The first-order valence-corrected chi connectivity index (χ1v) is 33.5. The van der Waals surface area contributed by atoms with Crippen molar-refractivity contribution in [2.24, 2.45) is 0 Å². The van der Waals surface area contributed by atoms with Gasteiger partial charge in [0, 0.05) is 13.8 Å². The minimum Gasteiger partial charge on any atom is -0.394 e. The molecule has 0 bridgehead atoms. The molecule has 0 unspecified atom stereocenters. The quantitative estimate of drug-likeness (QED) is 0.0363. The highest BCUT2D eigenvalue weighted by molar-refractivity contribution is 5.73. The number of hydrogen-bond donors (Lipinski definition) is 28. The van der Waals surface area contributed by atoms with Gasteiger partial charge in [0.1, 0.15) is 214 Å². The molecule has 9 rings (SSSR count). The summed E-state index contributed by atoms with van der Waals surface area (Å²) in [4.78, 5) is 24.9. The first kappa shape index (κ1) is 86.2. The minimum absolute atomic E-state index is 0.325. The van der Waals surface area contributed by atoms with E-state index in [1.54, 1.807) is 0 Å².